The van der Waals surface area contributed by atoms with Gasteiger partial charge in [-0.3, -0.25) is 9.48 Å². The lowest BCUT2D eigenvalue weighted by molar-refractivity contribution is 0.105. The molecule has 0 unspecified atom stereocenters. The van der Waals surface area contributed by atoms with Crippen LogP contribution < -0.4 is 0 Å². The molecule has 2 rings (SSSR count). The van der Waals surface area contributed by atoms with Crippen LogP contribution in [0.5, 0.6) is 0 Å². The zero-order chi connectivity index (χ0) is 12.3. The minimum atomic E-state index is -0.0140. The number of carbonyl (C=O) groups is 1. The number of hydrogen-bond acceptors (Lipinski definition) is 3. The molecule has 5 heteroatoms. The van der Waals surface area contributed by atoms with Gasteiger partial charge in [-0.05, 0) is 30.5 Å². The van der Waals surface area contributed by atoms with E-state index < -0.39 is 0 Å². The Labute approximate surface area is 108 Å². The molecular weight excluding hydrogens is 256 g/mol. The highest BCUT2D eigenvalue weighted by molar-refractivity contribution is 7.12. The van der Waals surface area contributed by atoms with E-state index in [2.05, 4.69) is 5.10 Å². The molecule has 0 aromatic carbocycles. The zero-order valence-corrected chi connectivity index (χ0v) is 10.8. The van der Waals surface area contributed by atoms with E-state index in [1.165, 1.54) is 17.4 Å². The summed E-state index contributed by atoms with van der Waals surface area (Å²) in [5.74, 6) is -0.0140. The highest BCUT2D eigenvalue weighted by Gasteiger charge is 2.06. The van der Waals surface area contributed by atoms with Gasteiger partial charge in [-0.25, -0.2) is 0 Å². The average Bonchev–Trinajstić information content (AvgIpc) is 2.95. The minimum absolute atomic E-state index is 0.0140. The number of ketones is 1. The van der Waals surface area contributed by atoms with Crippen molar-refractivity contribution in [2.45, 2.75) is 13.5 Å². The highest BCUT2D eigenvalue weighted by Crippen LogP contribution is 2.17. The van der Waals surface area contributed by atoms with Gasteiger partial charge in [-0.15, -0.1) is 11.3 Å². The molecule has 0 bridgehead atoms. The number of thiophene rings is 1. The molecule has 2 heterocycles. The molecule has 0 aliphatic heterocycles. The van der Waals surface area contributed by atoms with Gasteiger partial charge in [-0.1, -0.05) is 17.7 Å². The van der Waals surface area contributed by atoms with Crippen molar-refractivity contribution in [1.82, 2.24) is 9.78 Å². The van der Waals surface area contributed by atoms with Crippen molar-refractivity contribution in [3.05, 3.63) is 45.4 Å². The fourth-order valence-corrected chi connectivity index (χ4v) is 2.29. The number of hydrogen-bond donors (Lipinski definition) is 0. The van der Waals surface area contributed by atoms with E-state index in [-0.39, 0.29) is 5.78 Å². The van der Waals surface area contributed by atoms with Gasteiger partial charge in [-0.2, -0.15) is 5.10 Å². The number of aryl methyl sites for hydroxylation is 1. The van der Waals surface area contributed by atoms with E-state index in [4.69, 9.17) is 11.6 Å². The largest absolute Gasteiger partial charge is 0.288 e. The van der Waals surface area contributed by atoms with Crippen LogP contribution in [0.1, 0.15) is 22.3 Å². The first-order valence-electron chi connectivity index (χ1n) is 5.19. The van der Waals surface area contributed by atoms with Crippen LogP contribution in [-0.4, -0.2) is 15.6 Å². The van der Waals surface area contributed by atoms with E-state index in [9.17, 15) is 4.79 Å². The predicted octanol–water partition coefficient (Wildman–Crippen LogP) is 3.51. The summed E-state index contributed by atoms with van der Waals surface area (Å²) in [7, 11) is 0. The third-order valence-electron chi connectivity index (χ3n) is 2.29. The van der Waals surface area contributed by atoms with Crippen LogP contribution in [0, 0.1) is 0 Å². The van der Waals surface area contributed by atoms with Crippen LogP contribution in [-0.2, 0) is 6.54 Å². The second-order valence-electron chi connectivity index (χ2n) is 3.37. The highest BCUT2D eigenvalue weighted by atomic mass is 35.5. The third-order valence-corrected chi connectivity index (χ3v) is 3.47. The molecule has 0 atom stereocenters. The Bertz CT molecular complexity index is 543. The van der Waals surface area contributed by atoms with Crippen molar-refractivity contribution in [3.8, 4) is 0 Å². The second kappa shape index (κ2) is 5.29. The molecule has 3 nitrogen and oxygen atoms in total. The molecule has 17 heavy (non-hydrogen) atoms. The van der Waals surface area contributed by atoms with Crippen LogP contribution in [0.15, 0.2) is 29.8 Å². The van der Waals surface area contributed by atoms with Gasteiger partial charge in [0.15, 0.2) is 5.78 Å². The van der Waals surface area contributed by atoms with Crippen LogP contribution in [0.4, 0.5) is 0 Å². The molecule has 0 spiro atoms. The lowest BCUT2D eigenvalue weighted by Crippen LogP contribution is -1.99. The average molecular weight is 267 g/mol. The lowest BCUT2D eigenvalue weighted by Gasteiger charge is -1.99. The van der Waals surface area contributed by atoms with Gasteiger partial charge in [0.25, 0.3) is 0 Å². The molecule has 0 saturated heterocycles. The topological polar surface area (TPSA) is 34.9 Å². The van der Waals surface area contributed by atoms with E-state index >= 15 is 0 Å². The Morgan fingerprint density at radius 1 is 1.65 bits per heavy atom. The van der Waals surface area contributed by atoms with E-state index in [0.717, 1.165) is 17.1 Å². The maximum Gasteiger partial charge on any atom is 0.195 e. The molecule has 0 aliphatic carbocycles. The molecular formula is C12H11ClN2OS. The van der Waals surface area contributed by atoms with Gasteiger partial charge < -0.3 is 0 Å². The maximum atomic E-state index is 11.8. The van der Waals surface area contributed by atoms with Crippen LogP contribution in [0.2, 0.25) is 5.02 Å². The second-order valence-corrected chi connectivity index (χ2v) is 4.72. The molecule has 0 radical (unpaired) electrons. The molecule has 2 aromatic rings. The van der Waals surface area contributed by atoms with Gasteiger partial charge in [0.05, 0.1) is 21.8 Å². The number of aromatic nitrogens is 2. The molecule has 2 aromatic heterocycles. The summed E-state index contributed by atoms with van der Waals surface area (Å²) in [6.45, 7) is 2.70. The summed E-state index contributed by atoms with van der Waals surface area (Å²) in [5.41, 5.74) is 0.763. The Morgan fingerprint density at radius 2 is 2.47 bits per heavy atom. The number of carbonyl (C=O) groups excluding carboxylic acids is 1. The van der Waals surface area contributed by atoms with Gasteiger partial charge in [0.2, 0.25) is 0 Å². The lowest BCUT2D eigenvalue weighted by atomic mass is 10.2. The summed E-state index contributed by atoms with van der Waals surface area (Å²) in [6, 6.07) is 3.66. The van der Waals surface area contributed by atoms with E-state index in [1.807, 2.05) is 18.4 Å². The van der Waals surface area contributed by atoms with Crippen molar-refractivity contribution in [1.29, 1.82) is 0 Å². The Balaban J connectivity index is 2.20. The first-order chi connectivity index (χ1) is 8.22. The first-order valence-corrected chi connectivity index (χ1v) is 6.45. The fourth-order valence-electron chi connectivity index (χ4n) is 1.45. The first kappa shape index (κ1) is 12.1. The zero-order valence-electron chi connectivity index (χ0n) is 9.26. The van der Waals surface area contributed by atoms with Crippen molar-refractivity contribution in [2.24, 2.45) is 0 Å². The maximum absolute atomic E-state index is 11.8. The number of allylic oxidation sites excluding steroid dienone is 1. The summed E-state index contributed by atoms with van der Waals surface area (Å²) < 4.78 is 1.75. The van der Waals surface area contributed by atoms with Crippen LogP contribution in [0.3, 0.4) is 0 Å². The molecule has 0 N–H and O–H groups in total. The minimum Gasteiger partial charge on any atom is -0.288 e. The monoisotopic (exact) mass is 266 g/mol. The summed E-state index contributed by atoms with van der Waals surface area (Å²) >= 11 is 7.41. The van der Waals surface area contributed by atoms with Crippen molar-refractivity contribution in [2.75, 3.05) is 0 Å². The van der Waals surface area contributed by atoms with Gasteiger partial charge >= 0.3 is 0 Å². The molecule has 0 aliphatic rings. The summed E-state index contributed by atoms with van der Waals surface area (Å²) in [6.07, 6.45) is 4.82. The van der Waals surface area contributed by atoms with Crippen LogP contribution >= 0.6 is 22.9 Å². The van der Waals surface area contributed by atoms with Gasteiger partial charge in [0.1, 0.15) is 0 Å². The number of rotatable bonds is 4. The Kier molecular flexibility index (Phi) is 3.76. The molecule has 88 valence electrons. The fraction of sp³-hybridized carbons (Fsp3) is 0.167. The van der Waals surface area contributed by atoms with E-state index in [1.54, 1.807) is 23.0 Å². The number of nitrogens with zero attached hydrogens (tertiary/aromatic N) is 2. The SMILES string of the molecule is CCn1ncc(Cl)c1/C=C/C(=O)c1cccs1. The van der Waals surface area contributed by atoms with Crippen molar-refractivity contribution >= 4 is 34.8 Å². The molecule has 0 amide bonds. The van der Waals surface area contributed by atoms with Crippen molar-refractivity contribution < 1.29 is 4.79 Å². The van der Waals surface area contributed by atoms with Crippen molar-refractivity contribution in [3.63, 3.8) is 0 Å². The predicted molar refractivity (Wildman–Crippen MR) is 70.6 cm³/mol. The normalized spacial score (nSPS) is 11.2. The third kappa shape index (κ3) is 2.65. The summed E-state index contributed by atoms with van der Waals surface area (Å²) in [4.78, 5) is 12.5. The van der Waals surface area contributed by atoms with E-state index in [0.29, 0.717) is 5.02 Å². The quantitative estimate of drug-likeness (QED) is 0.627. The Morgan fingerprint density at radius 3 is 3.12 bits per heavy atom. The Hall–Kier alpha value is -1.39. The molecule has 0 fully saturated rings. The smallest absolute Gasteiger partial charge is 0.195 e. The van der Waals surface area contributed by atoms with Crippen LogP contribution in [0.25, 0.3) is 6.08 Å². The number of halogens is 1. The van der Waals surface area contributed by atoms with Gasteiger partial charge in [0, 0.05) is 6.54 Å². The summed E-state index contributed by atoms with van der Waals surface area (Å²) in [5, 5.41) is 6.54. The molecule has 0 saturated carbocycles. The standard InChI is InChI=1S/C12H11ClN2OS/c1-2-15-10(9(13)8-14-15)5-6-11(16)12-4-3-7-17-12/h3-8H,2H2,1H3/b6-5+.